The van der Waals surface area contributed by atoms with E-state index in [9.17, 15) is 24.3 Å². The molecule has 0 bridgehead atoms. The fourth-order valence-corrected chi connectivity index (χ4v) is 4.83. The van der Waals surface area contributed by atoms with Gasteiger partial charge in [-0.1, -0.05) is 11.2 Å². The molecule has 2 aliphatic rings. The van der Waals surface area contributed by atoms with Gasteiger partial charge in [-0.15, -0.1) is 23.1 Å². The summed E-state index contributed by atoms with van der Waals surface area (Å²) in [4.78, 5) is 48.8. The minimum absolute atomic E-state index is 0. The molecular formula is C16H14N3NaO7S2. The van der Waals surface area contributed by atoms with Crippen LogP contribution in [0.3, 0.4) is 0 Å². The first-order valence-corrected chi connectivity index (χ1v) is 9.86. The summed E-state index contributed by atoms with van der Waals surface area (Å²) in [5.41, 5.74) is -0.353. The number of fused-ring (bicyclic) bond motifs is 1. The monoisotopic (exact) mass is 447 g/mol. The van der Waals surface area contributed by atoms with E-state index < -0.39 is 35.2 Å². The van der Waals surface area contributed by atoms with E-state index in [4.69, 9.17) is 9.94 Å². The van der Waals surface area contributed by atoms with Crippen LogP contribution in [-0.4, -0.2) is 63.3 Å². The van der Waals surface area contributed by atoms with Gasteiger partial charge in [-0.2, -0.15) is 0 Å². The Morgan fingerprint density at radius 2 is 2.17 bits per heavy atom. The van der Waals surface area contributed by atoms with Crippen molar-refractivity contribution in [1.82, 2.24) is 10.2 Å². The average Bonchev–Trinajstić information content (AvgIpc) is 3.18. The number of hydrogen-bond donors (Lipinski definition) is 2. The van der Waals surface area contributed by atoms with Gasteiger partial charge in [0.05, 0.1) is 16.5 Å². The third-order valence-electron chi connectivity index (χ3n) is 4.05. The molecule has 1 fully saturated rings. The third kappa shape index (κ3) is 4.67. The van der Waals surface area contributed by atoms with Crippen molar-refractivity contribution >= 4 is 52.6 Å². The molecule has 3 heterocycles. The number of nitrogens with zero attached hydrogens (tertiary/aromatic N) is 2. The average molecular weight is 447 g/mol. The predicted molar refractivity (Wildman–Crippen MR) is 96.3 cm³/mol. The number of esters is 1. The number of carboxylic acids is 1. The van der Waals surface area contributed by atoms with Crippen molar-refractivity contribution in [1.29, 1.82) is 0 Å². The fraction of sp³-hybridized carbons (Fsp3) is 0.312. The van der Waals surface area contributed by atoms with Gasteiger partial charge in [0.2, 0.25) is 0 Å². The first kappa shape index (κ1) is 23.4. The van der Waals surface area contributed by atoms with Gasteiger partial charge in [0, 0.05) is 18.2 Å². The molecule has 13 heteroatoms. The number of ether oxygens (including phenoxy) is 1. The Hall–Kier alpha value is -1.86. The van der Waals surface area contributed by atoms with E-state index in [-0.39, 0.29) is 58.9 Å². The van der Waals surface area contributed by atoms with E-state index in [0.29, 0.717) is 4.88 Å². The van der Waals surface area contributed by atoms with Crippen LogP contribution in [-0.2, 0) is 23.9 Å². The second-order valence-corrected chi connectivity index (χ2v) is 7.86. The molecule has 1 aromatic rings. The van der Waals surface area contributed by atoms with Crippen LogP contribution in [0, 0.1) is 0 Å². The summed E-state index contributed by atoms with van der Waals surface area (Å²) >= 11 is 2.40. The number of thiophene rings is 1. The number of amides is 2. The summed E-state index contributed by atoms with van der Waals surface area (Å²) in [6, 6.07) is 2.27. The summed E-state index contributed by atoms with van der Waals surface area (Å²) < 4.78 is 4.83. The van der Waals surface area contributed by atoms with Crippen molar-refractivity contribution in [2.45, 2.75) is 18.3 Å². The number of carbonyl (C=O) groups excluding carboxylic acids is 4. The molecule has 29 heavy (non-hydrogen) atoms. The van der Waals surface area contributed by atoms with E-state index in [2.05, 4.69) is 10.5 Å². The molecule has 2 amide bonds. The smallest absolute Gasteiger partial charge is 0.543 e. The van der Waals surface area contributed by atoms with E-state index in [1.807, 2.05) is 0 Å². The van der Waals surface area contributed by atoms with Gasteiger partial charge >= 0.3 is 35.5 Å². The Morgan fingerprint density at radius 3 is 2.72 bits per heavy atom. The van der Waals surface area contributed by atoms with Crippen LogP contribution in [0.2, 0.25) is 0 Å². The summed E-state index contributed by atoms with van der Waals surface area (Å²) in [5, 5.41) is 27.2. The largest absolute Gasteiger partial charge is 1.00 e. The second kappa shape index (κ2) is 9.76. The number of carbonyl (C=O) groups is 4. The molecule has 2 atom stereocenters. The first-order valence-electron chi connectivity index (χ1n) is 7.93. The molecule has 2 aliphatic heterocycles. The Kier molecular flexibility index (Phi) is 7.88. The van der Waals surface area contributed by atoms with Gasteiger partial charge in [-0.05, 0) is 11.4 Å². The van der Waals surface area contributed by atoms with Crippen LogP contribution in [0.25, 0.3) is 0 Å². The van der Waals surface area contributed by atoms with Crippen molar-refractivity contribution in [3.8, 4) is 0 Å². The summed E-state index contributed by atoms with van der Waals surface area (Å²) in [6.07, 6.45) is 0. The number of thioether (sulfide) groups is 1. The molecule has 0 unspecified atom stereocenters. The minimum Gasteiger partial charge on any atom is -0.543 e. The molecular weight excluding hydrogens is 433 g/mol. The Morgan fingerprint density at radius 1 is 1.45 bits per heavy atom. The standard InChI is InChI=1S/C16H15N3O7S2.Na/c1-7(20)26-5-8-6-28-15-11(14(22)19(15)12(8)16(23)24)17-13(21)10(18-25)9-3-2-4-27-9;/h2-4,11,15,25H,5-6H2,1H3,(H,17,21)(H,23,24);/q;+1/p-1/b18-10+;/t11-,15-;/m1./s1. The topological polar surface area (TPSA) is 148 Å². The Bertz CT molecular complexity index is 900. The second-order valence-electron chi connectivity index (χ2n) is 5.81. The number of oxime groups is 1. The number of carboxylic acid groups (broad SMARTS) is 1. The predicted octanol–water partition coefficient (Wildman–Crippen LogP) is -4.10. The van der Waals surface area contributed by atoms with Gasteiger partial charge < -0.3 is 25.2 Å². The van der Waals surface area contributed by atoms with Crippen molar-refractivity contribution in [2.75, 3.05) is 12.4 Å². The van der Waals surface area contributed by atoms with Crippen LogP contribution in [0.15, 0.2) is 33.9 Å². The number of hydrogen-bond acceptors (Lipinski definition) is 10. The molecule has 1 aromatic heterocycles. The molecule has 0 aromatic carbocycles. The summed E-state index contributed by atoms with van der Waals surface area (Å²) in [7, 11) is 0. The summed E-state index contributed by atoms with van der Waals surface area (Å²) in [6.45, 7) is 0.922. The van der Waals surface area contributed by atoms with Crippen LogP contribution in [0.1, 0.15) is 11.8 Å². The number of rotatable bonds is 6. The van der Waals surface area contributed by atoms with E-state index in [1.54, 1.807) is 17.5 Å². The van der Waals surface area contributed by atoms with E-state index >= 15 is 0 Å². The van der Waals surface area contributed by atoms with Gasteiger partial charge in [0.25, 0.3) is 11.8 Å². The van der Waals surface area contributed by atoms with Crippen molar-refractivity contribution in [3.63, 3.8) is 0 Å². The molecule has 1 saturated heterocycles. The molecule has 0 spiro atoms. The zero-order valence-electron chi connectivity index (χ0n) is 15.4. The van der Waals surface area contributed by atoms with Crippen LogP contribution in [0.5, 0.6) is 0 Å². The maximum atomic E-state index is 12.5. The molecule has 3 rings (SSSR count). The van der Waals surface area contributed by atoms with Crippen LogP contribution in [0.4, 0.5) is 0 Å². The Balaban J connectivity index is 0.00000300. The Labute approximate surface area is 195 Å². The van der Waals surface area contributed by atoms with Crippen LogP contribution < -0.4 is 40.0 Å². The third-order valence-corrected chi connectivity index (χ3v) is 6.26. The van der Waals surface area contributed by atoms with Gasteiger partial charge in [0.15, 0.2) is 5.71 Å². The molecule has 0 radical (unpaired) electrons. The van der Waals surface area contributed by atoms with Crippen molar-refractivity contribution in [3.05, 3.63) is 33.7 Å². The number of β-lactam (4-membered cyclic amide) rings is 1. The van der Waals surface area contributed by atoms with Gasteiger partial charge in [0.1, 0.15) is 18.0 Å². The quantitative estimate of drug-likeness (QED) is 0.112. The normalized spacial score (nSPS) is 20.9. The van der Waals surface area contributed by atoms with Crippen molar-refractivity contribution < 1.29 is 63.8 Å². The molecule has 10 nitrogen and oxygen atoms in total. The van der Waals surface area contributed by atoms with Gasteiger partial charge in [-0.3, -0.25) is 19.3 Å². The maximum Gasteiger partial charge on any atom is 1.00 e. The number of nitrogens with one attached hydrogen (secondary N) is 1. The SMILES string of the molecule is CC(=O)OCC1=C(C(=O)[O-])N2C(=O)[C@@H](NC(=O)/C(=N/O)c3cccs3)[C@H]2SC1.[Na+]. The number of aliphatic carboxylic acids is 1. The maximum absolute atomic E-state index is 12.5. The van der Waals surface area contributed by atoms with E-state index in [0.717, 1.165) is 4.90 Å². The van der Waals surface area contributed by atoms with E-state index in [1.165, 1.54) is 30.0 Å². The molecule has 0 saturated carbocycles. The fourth-order valence-electron chi connectivity index (χ4n) is 2.80. The molecule has 148 valence electrons. The van der Waals surface area contributed by atoms with Crippen LogP contribution >= 0.6 is 23.1 Å². The molecule has 2 N–H and O–H groups in total. The summed E-state index contributed by atoms with van der Waals surface area (Å²) in [5.74, 6) is -3.37. The molecule has 0 aliphatic carbocycles. The van der Waals surface area contributed by atoms with Crippen molar-refractivity contribution in [2.24, 2.45) is 5.16 Å². The first-order chi connectivity index (χ1) is 13.3. The van der Waals surface area contributed by atoms with Gasteiger partial charge in [-0.25, -0.2) is 0 Å². The zero-order chi connectivity index (χ0) is 20.4. The minimum atomic E-state index is -1.57. The zero-order valence-corrected chi connectivity index (χ0v) is 19.0.